The fraction of sp³-hybridized carbons (Fsp3) is 0.423. The lowest BCUT2D eigenvalue weighted by atomic mass is 9.97. The molecule has 0 unspecified atom stereocenters. The van der Waals surface area contributed by atoms with Gasteiger partial charge in [0.15, 0.2) is 29.7 Å². The van der Waals surface area contributed by atoms with Gasteiger partial charge in [-0.25, -0.2) is 4.79 Å². The summed E-state index contributed by atoms with van der Waals surface area (Å²) in [5.41, 5.74) is 2.75. The summed E-state index contributed by atoms with van der Waals surface area (Å²) >= 11 is 8.71. The number of fused-ring (bicyclic) bond motifs is 1. The Bertz CT molecular complexity index is 1480. The Morgan fingerprint density at radius 3 is 2.17 bits per heavy atom. The van der Waals surface area contributed by atoms with E-state index in [1.54, 1.807) is 31.2 Å². The van der Waals surface area contributed by atoms with Gasteiger partial charge in [0.1, 0.15) is 18.3 Å². The number of hydrazone groups is 1. The van der Waals surface area contributed by atoms with Crippen molar-refractivity contribution in [1.29, 1.82) is 0 Å². The van der Waals surface area contributed by atoms with Gasteiger partial charge in [0.2, 0.25) is 0 Å². The topological polar surface area (TPSA) is 181 Å². The first-order valence-electron chi connectivity index (χ1n) is 12.4. The number of ether oxygens (including phenoxy) is 5. The summed E-state index contributed by atoms with van der Waals surface area (Å²) in [5, 5.41) is 7.41. The van der Waals surface area contributed by atoms with E-state index in [4.69, 9.17) is 40.3 Å². The molecule has 1 aliphatic rings. The average Bonchev–Trinajstić information content (AvgIpc) is 2.88. The lowest BCUT2D eigenvalue weighted by Crippen LogP contribution is -2.66. The first-order chi connectivity index (χ1) is 19.7. The maximum Gasteiger partial charge on any atom is 0.345 e. The Kier molecular flexibility index (Phi) is 11.1. The zero-order valence-corrected chi connectivity index (χ0v) is 25.5. The molecule has 0 aliphatic carbocycles. The Labute approximate surface area is 253 Å². The summed E-state index contributed by atoms with van der Waals surface area (Å²) < 4.78 is 33.2. The molecule has 1 aromatic carbocycles. The number of carbonyl (C=O) groups excluding carboxylic acids is 4. The van der Waals surface area contributed by atoms with Crippen molar-refractivity contribution in [3.8, 4) is 0 Å². The van der Waals surface area contributed by atoms with E-state index in [9.17, 15) is 24.0 Å². The predicted molar refractivity (Wildman–Crippen MR) is 153 cm³/mol. The highest BCUT2D eigenvalue weighted by Gasteiger charge is 2.52. The van der Waals surface area contributed by atoms with Crippen LogP contribution in [-0.2, 0) is 42.9 Å². The van der Waals surface area contributed by atoms with Gasteiger partial charge in [0.05, 0.1) is 11.3 Å². The number of hydrogen-bond acceptors (Lipinski definition) is 13. The molecular weight excluding hydrogens is 642 g/mol. The molecule has 2 aromatic rings. The van der Waals surface area contributed by atoms with Gasteiger partial charge in [-0.1, -0.05) is 15.9 Å². The molecule has 0 bridgehead atoms. The Hall–Kier alpha value is -3.89. The Morgan fingerprint density at radius 1 is 0.929 bits per heavy atom. The highest BCUT2D eigenvalue weighted by Crippen LogP contribution is 2.28. The van der Waals surface area contributed by atoms with E-state index in [0.29, 0.717) is 11.0 Å². The van der Waals surface area contributed by atoms with Crippen molar-refractivity contribution in [2.24, 2.45) is 5.10 Å². The first-order valence-corrected chi connectivity index (χ1v) is 13.6. The van der Waals surface area contributed by atoms with Crippen LogP contribution in [0.2, 0.25) is 0 Å². The van der Waals surface area contributed by atoms with Gasteiger partial charge in [-0.2, -0.15) is 5.10 Å². The van der Waals surface area contributed by atoms with Crippen LogP contribution >= 0.6 is 28.1 Å². The van der Waals surface area contributed by atoms with Gasteiger partial charge in [-0.15, -0.1) is 0 Å². The van der Waals surface area contributed by atoms with Crippen molar-refractivity contribution in [3.63, 3.8) is 0 Å². The number of esters is 4. The molecule has 0 radical (unpaired) electrons. The van der Waals surface area contributed by atoms with E-state index in [-0.39, 0.29) is 16.4 Å². The van der Waals surface area contributed by atoms with Gasteiger partial charge in [0, 0.05) is 37.6 Å². The van der Waals surface area contributed by atoms with Gasteiger partial charge < -0.3 is 33.4 Å². The molecule has 1 aromatic heterocycles. The Balaban J connectivity index is 1.87. The molecule has 0 spiro atoms. The number of nitrogens with zero attached hydrogens (tertiary/aromatic N) is 1. The van der Waals surface area contributed by atoms with Crippen molar-refractivity contribution in [2.75, 3.05) is 6.61 Å². The summed E-state index contributed by atoms with van der Waals surface area (Å²) in [6.07, 6.45) is -6.54. The molecule has 3 rings (SSSR count). The number of carbonyl (C=O) groups is 4. The summed E-state index contributed by atoms with van der Waals surface area (Å²) in [6, 6.07) is 6.79. The van der Waals surface area contributed by atoms with Crippen LogP contribution in [0.4, 0.5) is 0 Å². The van der Waals surface area contributed by atoms with E-state index in [0.717, 1.165) is 25.2 Å². The van der Waals surface area contributed by atoms with Crippen LogP contribution in [0.3, 0.4) is 0 Å². The molecule has 0 saturated carbocycles. The van der Waals surface area contributed by atoms with E-state index < -0.39 is 66.8 Å². The highest BCUT2D eigenvalue weighted by molar-refractivity contribution is 9.10. The van der Waals surface area contributed by atoms with Crippen molar-refractivity contribution in [3.05, 3.63) is 44.7 Å². The summed E-state index contributed by atoms with van der Waals surface area (Å²) in [6.45, 7) is 5.67. The van der Waals surface area contributed by atoms with Crippen LogP contribution in [0.25, 0.3) is 11.0 Å². The van der Waals surface area contributed by atoms with E-state index in [1.165, 1.54) is 6.92 Å². The molecule has 2 N–H and O–H groups in total. The number of benzene rings is 1. The van der Waals surface area contributed by atoms with Crippen molar-refractivity contribution in [2.45, 2.75) is 65.3 Å². The lowest BCUT2D eigenvalue weighted by Gasteiger charge is -2.44. The minimum Gasteiger partial charge on any atom is -0.463 e. The monoisotopic (exact) mass is 669 g/mol. The van der Waals surface area contributed by atoms with Crippen LogP contribution in [0, 0.1) is 0 Å². The molecule has 42 heavy (non-hydrogen) atoms. The standard InChI is InChI=1S/C26H28BrN3O11S/c1-11(18-9-16-8-17(27)6-7-19(16)41-25(18)35)29-30-26(42)28-24-23(39-15(5)34)22(38-14(4)33)21(37-13(3)32)20(40-24)10-36-12(2)31/h6-9,20-24H,10H2,1-5H3,(H2,28,30,42)/b29-11+/t20-,21+,22+,23-,24-/m1/s1. The number of halogens is 1. The van der Waals surface area contributed by atoms with Crippen molar-refractivity contribution in [1.82, 2.24) is 10.7 Å². The van der Waals surface area contributed by atoms with E-state index >= 15 is 0 Å². The second kappa shape index (κ2) is 14.3. The third-order valence-corrected chi connectivity index (χ3v) is 6.38. The average molecular weight is 670 g/mol. The lowest BCUT2D eigenvalue weighted by molar-refractivity contribution is -0.254. The number of hydrogen-bond donors (Lipinski definition) is 2. The van der Waals surface area contributed by atoms with Gasteiger partial charge >= 0.3 is 29.5 Å². The number of nitrogens with one attached hydrogen (secondary N) is 2. The Morgan fingerprint density at radius 2 is 1.55 bits per heavy atom. The molecule has 1 fully saturated rings. The molecule has 226 valence electrons. The molecule has 5 atom stereocenters. The highest BCUT2D eigenvalue weighted by atomic mass is 79.9. The molecule has 16 heteroatoms. The quantitative estimate of drug-likeness (QED) is 0.104. The SMILES string of the molecule is CC(=O)OC[C@H]1O[C@@H](NC(=S)N/N=C(\C)c2cc3cc(Br)ccc3oc2=O)[C@H](OC(C)=O)[C@@H](OC(C)=O)[C@H]1OC(C)=O. The number of rotatable bonds is 8. The minimum atomic E-state index is -1.38. The van der Waals surface area contributed by atoms with Gasteiger partial charge in [0.25, 0.3) is 0 Å². The minimum absolute atomic E-state index is 0.150. The smallest absolute Gasteiger partial charge is 0.345 e. The predicted octanol–water partition coefficient (Wildman–Crippen LogP) is 1.83. The molecule has 14 nitrogen and oxygen atoms in total. The largest absolute Gasteiger partial charge is 0.463 e. The fourth-order valence-corrected chi connectivity index (χ4v) is 4.59. The molecule has 1 aliphatic heterocycles. The van der Waals surface area contributed by atoms with Crippen LogP contribution < -0.4 is 16.4 Å². The maximum absolute atomic E-state index is 12.5. The third-order valence-electron chi connectivity index (χ3n) is 5.67. The molecule has 2 heterocycles. The second-order valence-electron chi connectivity index (χ2n) is 9.03. The summed E-state index contributed by atoms with van der Waals surface area (Å²) in [5.74, 6) is -2.95. The van der Waals surface area contributed by atoms with Crippen LogP contribution in [0.5, 0.6) is 0 Å². The number of thiocarbonyl (C=S) groups is 1. The van der Waals surface area contributed by atoms with Crippen molar-refractivity contribution >= 4 is 73.8 Å². The zero-order valence-electron chi connectivity index (χ0n) is 23.1. The fourth-order valence-electron chi connectivity index (χ4n) is 4.05. The third kappa shape index (κ3) is 8.80. The second-order valence-corrected chi connectivity index (χ2v) is 10.4. The molecular formula is C26H28BrN3O11S. The molecule has 0 amide bonds. The van der Waals surface area contributed by atoms with Crippen LogP contribution in [-0.4, -0.2) is 72.0 Å². The normalized spacial score (nSPS) is 22.0. The van der Waals surface area contributed by atoms with Crippen molar-refractivity contribution < 1.29 is 47.3 Å². The summed E-state index contributed by atoms with van der Waals surface area (Å²) in [7, 11) is 0. The van der Waals surface area contributed by atoms with E-state index in [1.807, 2.05) is 0 Å². The first kappa shape index (κ1) is 32.6. The van der Waals surface area contributed by atoms with Crippen LogP contribution in [0.1, 0.15) is 40.2 Å². The van der Waals surface area contributed by atoms with Gasteiger partial charge in [-0.05, 0) is 43.4 Å². The zero-order chi connectivity index (χ0) is 31.1. The van der Waals surface area contributed by atoms with Gasteiger partial charge in [-0.3, -0.25) is 24.6 Å². The molecule has 1 saturated heterocycles. The maximum atomic E-state index is 12.5. The summed E-state index contributed by atoms with van der Waals surface area (Å²) in [4.78, 5) is 59.8. The van der Waals surface area contributed by atoms with Crippen LogP contribution in [0.15, 0.2) is 43.1 Å². The van der Waals surface area contributed by atoms with E-state index in [2.05, 4.69) is 31.8 Å².